The number of nitrogens with two attached hydrogens (primary N) is 1. The monoisotopic (exact) mass is 432 g/mol. The molecule has 1 fully saturated rings. The van der Waals surface area contributed by atoms with Gasteiger partial charge in [0.2, 0.25) is 15.9 Å². The summed E-state index contributed by atoms with van der Waals surface area (Å²) in [7, 11) is -3.50. The van der Waals surface area contributed by atoms with E-state index in [1.807, 2.05) is 0 Å². The van der Waals surface area contributed by atoms with Gasteiger partial charge < -0.3 is 16.0 Å². The molecule has 0 saturated carbocycles. The minimum absolute atomic E-state index is 0. The predicted molar refractivity (Wildman–Crippen MR) is 112 cm³/mol. The van der Waals surface area contributed by atoms with E-state index in [0.717, 1.165) is 6.42 Å². The predicted octanol–water partition coefficient (Wildman–Crippen LogP) is 1.19. The number of nitrogens with one attached hydrogen (secondary N) is 2. The van der Waals surface area contributed by atoms with Crippen LogP contribution in [-0.2, 0) is 14.8 Å². The zero-order valence-electron chi connectivity index (χ0n) is 16.0. The van der Waals surface area contributed by atoms with Crippen LogP contribution in [0.1, 0.15) is 36.5 Å². The Kier molecular flexibility index (Phi) is 9.71. The minimum Gasteiger partial charge on any atom is -0.355 e. The molecule has 0 bridgehead atoms. The van der Waals surface area contributed by atoms with Gasteiger partial charge in [-0.3, -0.25) is 14.3 Å². The topological polar surface area (TPSA) is 122 Å². The van der Waals surface area contributed by atoms with Crippen LogP contribution in [-0.4, -0.2) is 57.1 Å². The van der Waals surface area contributed by atoms with Crippen LogP contribution in [0.15, 0.2) is 24.3 Å². The number of benzene rings is 1. The maximum absolute atomic E-state index is 13.0. The second-order valence-electron chi connectivity index (χ2n) is 6.64. The summed E-state index contributed by atoms with van der Waals surface area (Å²) in [4.78, 5) is 26.8. The Labute approximate surface area is 172 Å². The molecule has 1 aromatic carbocycles. The highest BCUT2D eigenvalue weighted by Gasteiger charge is 2.30. The molecule has 158 valence electrons. The summed E-state index contributed by atoms with van der Waals surface area (Å²) < 4.78 is 26.7. The quantitative estimate of drug-likeness (QED) is 0.569. The van der Waals surface area contributed by atoms with Crippen molar-refractivity contribution < 1.29 is 18.0 Å². The molecule has 10 heteroatoms. The summed E-state index contributed by atoms with van der Waals surface area (Å²) in [5, 5.41) is 2.76. The Bertz CT molecular complexity index is 773. The highest BCUT2D eigenvalue weighted by Crippen LogP contribution is 2.23. The first-order valence-corrected chi connectivity index (χ1v) is 10.9. The van der Waals surface area contributed by atoms with Crippen molar-refractivity contribution in [3.8, 4) is 0 Å². The van der Waals surface area contributed by atoms with Gasteiger partial charge in [-0.25, -0.2) is 8.42 Å². The molecule has 1 aliphatic heterocycles. The molecule has 1 heterocycles. The van der Waals surface area contributed by atoms with Crippen LogP contribution < -0.4 is 15.8 Å². The molecule has 1 saturated heterocycles. The summed E-state index contributed by atoms with van der Waals surface area (Å²) >= 11 is 0. The second-order valence-corrected chi connectivity index (χ2v) is 8.48. The Morgan fingerprint density at radius 3 is 2.68 bits per heavy atom. The molecule has 1 unspecified atom stereocenters. The smallest absolute Gasteiger partial charge is 0.256 e. The third-order valence-corrected chi connectivity index (χ3v) is 5.90. The number of hydrogen-bond donors (Lipinski definition) is 3. The van der Waals surface area contributed by atoms with Crippen LogP contribution in [0.5, 0.6) is 0 Å². The lowest BCUT2D eigenvalue weighted by Crippen LogP contribution is -2.46. The standard InChI is InChI=1S/C18H28N4O4S.ClH/c1-2-12-27(25,26)21-16-8-4-3-7-15(16)18(24)22-11-5-6-14(13-22)17(23)20-10-9-19;/h3-4,7-8,14,21H,2,5-6,9-13,19H2,1H3,(H,20,23);1H. The number of carbonyl (C=O) groups is 2. The lowest BCUT2D eigenvalue weighted by Gasteiger charge is -2.32. The first-order chi connectivity index (χ1) is 12.9. The number of para-hydroxylation sites is 1. The van der Waals surface area contributed by atoms with Crippen LogP contribution in [0.4, 0.5) is 5.69 Å². The average Bonchev–Trinajstić information content (AvgIpc) is 2.65. The summed E-state index contributed by atoms with van der Waals surface area (Å²) in [6, 6.07) is 6.56. The van der Waals surface area contributed by atoms with Gasteiger partial charge in [0.05, 0.1) is 22.9 Å². The molecule has 2 rings (SSSR count). The van der Waals surface area contributed by atoms with Gasteiger partial charge in [-0.05, 0) is 31.4 Å². The fourth-order valence-corrected chi connectivity index (χ4v) is 4.28. The van der Waals surface area contributed by atoms with Gasteiger partial charge in [0.15, 0.2) is 0 Å². The summed E-state index contributed by atoms with van der Waals surface area (Å²) in [5.74, 6) is -0.669. The van der Waals surface area contributed by atoms with Gasteiger partial charge in [0.25, 0.3) is 5.91 Å². The largest absolute Gasteiger partial charge is 0.355 e. The summed E-state index contributed by atoms with van der Waals surface area (Å²) in [6.07, 6.45) is 1.91. The van der Waals surface area contributed by atoms with E-state index in [2.05, 4.69) is 10.0 Å². The molecule has 4 N–H and O–H groups in total. The van der Waals surface area contributed by atoms with Crippen LogP contribution in [0.25, 0.3) is 0 Å². The van der Waals surface area contributed by atoms with Gasteiger partial charge >= 0.3 is 0 Å². The van der Waals surface area contributed by atoms with Crippen molar-refractivity contribution in [2.45, 2.75) is 26.2 Å². The number of nitrogens with zero attached hydrogens (tertiary/aromatic N) is 1. The first kappa shape index (κ1) is 24.2. The van der Waals surface area contributed by atoms with Crippen molar-refractivity contribution in [1.29, 1.82) is 0 Å². The maximum Gasteiger partial charge on any atom is 0.256 e. The molecule has 1 aromatic rings. The molecule has 0 aliphatic carbocycles. The zero-order valence-corrected chi connectivity index (χ0v) is 17.7. The van der Waals surface area contributed by atoms with Crippen LogP contribution in [0, 0.1) is 5.92 Å². The van der Waals surface area contributed by atoms with E-state index in [0.29, 0.717) is 44.6 Å². The first-order valence-electron chi connectivity index (χ1n) is 9.24. The Morgan fingerprint density at radius 2 is 2.00 bits per heavy atom. The average molecular weight is 433 g/mol. The molecule has 2 amide bonds. The van der Waals surface area contributed by atoms with Crippen LogP contribution in [0.3, 0.4) is 0 Å². The Morgan fingerprint density at radius 1 is 1.29 bits per heavy atom. The second kappa shape index (κ2) is 11.2. The van der Waals surface area contributed by atoms with Crippen molar-refractivity contribution in [3.63, 3.8) is 0 Å². The van der Waals surface area contributed by atoms with E-state index in [-0.39, 0.29) is 41.6 Å². The van der Waals surface area contributed by atoms with E-state index < -0.39 is 10.0 Å². The van der Waals surface area contributed by atoms with Crippen molar-refractivity contribution in [2.75, 3.05) is 36.7 Å². The van der Waals surface area contributed by atoms with Crippen LogP contribution >= 0.6 is 12.4 Å². The third kappa shape index (κ3) is 6.65. The minimum atomic E-state index is -3.50. The molecule has 1 aliphatic rings. The van der Waals surface area contributed by atoms with Gasteiger partial charge in [0, 0.05) is 26.2 Å². The molecular formula is C18H29ClN4O4S. The molecular weight excluding hydrogens is 404 g/mol. The molecule has 8 nitrogen and oxygen atoms in total. The zero-order chi connectivity index (χ0) is 19.9. The maximum atomic E-state index is 13.0. The van der Waals surface area contributed by atoms with Gasteiger partial charge in [-0.15, -0.1) is 12.4 Å². The van der Waals surface area contributed by atoms with Gasteiger partial charge in [-0.2, -0.15) is 0 Å². The van der Waals surface area contributed by atoms with Crippen molar-refractivity contribution in [2.24, 2.45) is 11.7 Å². The molecule has 1 atom stereocenters. The molecule has 0 aromatic heterocycles. The van der Waals surface area contributed by atoms with Crippen molar-refractivity contribution in [3.05, 3.63) is 29.8 Å². The SMILES string of the molecule is CCCS(=O)(=O)Nc1ccccc1C(=O)N1CCCC(C(=O)NCCN)C1.Cl. The number of sulfonamides is 1. The van der Waals surface area contributed by atoms with E-state index >= 15 is 0 Å². The summed E-state index contributed by atoms with van der Waals surface area (Å²) in [6.45, 7) is 3.40. The number of carbonyl (C=O) groups excluding carboxylic acids is 2. The van der Waals surface area contributed by atoms with Gasteiger partial charge in [-0.1, -0.05) is 19.1 Å². The fraction of sp³-hybridized carbons (Fsp3) is 0.556. The van der Waals surface area contributed by atoms with E-state index in [9.17, 15) is 18.0 Å². The Balaban J connectivity index is 0.00000392. The molecule has 28 heavy (non-hydrogen) atoms. The van der Waals surface area contributed by atoms with E-state index in [1.54, 1.807) is 36.1 Å². The third-order valence-electron chi connectivity index (χ3n) is 4.42. The lowest BCUT2D eigenvalue weighted by atomic mass is 9.96. The number of amides is 2. The number of hydrogen-bond acceptors (Lipinski definition) is 5. The van der Waals surface area contributed by atoms with Gasteiger partial charge in [0.1, 0.15) is 0 Å². The molecule has 0 spiro atoms. The highest BCUT2D eigenvalue weighted by molar-refractivity contribution is 7.92. The number of anilines is 1. The lowest BCUT2D eigenvalue weighted by molar-refractivity contribution is -0.126. The molecule has 0 radical (unpaired) electrons. The van der Waals surface area contributed by atoms with E-state index in [4.69, 9.17) is 5.73 Å². The highest BCUT2D eigenvalue weighted by atomic mass is 35.5. The number of likely N-dealkylation sites (tertiary alicyclic amines) is 1. The van der Waals surface area contributed by atoms with Crippen LogP contribution in [0.2, 0.25) is 0 Å². The number of rotatable bonds is 8. The fourth-order valence-electron chi connectivity index (χ4n) is 3.13. The van der Waals surface area contributed by atoms with Crippen molar-refractivity contribution in [1.82, 2.24) is 10.2 Å². The Hall–Kier alpha value is -1.84. The summed E-state index contributed by atoms with van der Waals surface area (Å²) in [5.41, 5.74) is 5.97. The van der Waals surface area contributed by atoms with Crippen molar-refractivity contribution >= 4 is 39.9 Å². The van der Waals surface area contributed by atoms with E-state index in [1.165, 1.54) is 0 Å². The number of piperidine rings is 1. The normalized spacial score (nSPS) is 16.8. The number of halogens is 1.